The lowest BCUT2D eigenvalue weighted by atomic mass is 9.82. The van der Waals surface area contributed by atoms with Crippen molar-refractivity contribution in [3.63, 3.8) is 0 Å². The Morgan fingerprint density at radius 3 is 2.63 bits per heavy atom. The zero-order valence-electron chi connectivity index (χ0n) is 18.3. The summed E-state index contributed by atoms with van der Waals surface area (Å²) in [5.41, 5.74) is 0.549. The summed E-state index contributed by atoms with van der Waals surface area (Å²) in [7, 11) is 0. The van der Waals surface area contributed by atoms with Gasteiger partial charge in [0.25, 0.3) is 5.91 Å². The molecule has 2 fully saturated rings. The Morgan fingerprint density at radius 1 is 1.14 bits per heavy atom. The van der Waals surface area contributed by atoms with Crippen LogP contribution >= 0.6 is 23.1 Å². The van der Waals surface area contributed by atoms with Crippen molar-refractivity contribution in [3.05, 3.63) is 44.4 Å². The number of aromatic nitrogens is 1. The van der Waals surface area contributed by atoms with Crippen molar-refractivity contribution in [2.24, 2.45) is 5.92 Å². The van der Waals surface area contributed by atoms with Crippen LogP contribution in [0, 0.1) is 5.92 Å². The normalized spacial score (nSPS) is 23.7. The molecule has 0 saturated carbocycles. The molecule has 3 aliphatic heterocycles. The molecule has 11 nitrogen and oxygen atoms in total. The average Bonchev–Trinajstić information content (AvgIpc) is 3.33. The Morgan fingerprint density at radius 2 is 1.89 bits per heavy atom. The second kappa shape index (κ2) is 9.47. The molecular weight excluding hydrogens is 498 g/mol. The highest BCUT2D eigenvalue weighted by Crippen LogP contribution is 2.53. The largest absolute Gasteiger partial charge is 0.483 e. The van der Waals surface area contributed by atoms with E-state index < -0.39 is 41.4 Å². The van der Waals surface area contributed by atoms with Crippen LogP contribution in [0.15, 0.2) is 34.1 Å². The molecule has 2 N–H and O–H groups in total. The minimum Gasteiger partial charge on any atom is -0.483 e. The molecule has 2 unspecified atom stereocenters. The topological polar surface area (TPSA) is 146 Å². The van der Waals surface area contributed by atoms with E-state index in [9.17, 15) is 29.1 Å². The van der Waals surface area contributed by atoms with Crippen LogP contribution in [0.3, 0.4) is 0 Å². The van der Waals surface area contributed by atoms with Gasteiger partial charge in [-0.3, -0.25) is 28.9 Å². The second-order valence-electron chi connectivity index (χ2n) is 8.23. The monoisotopic (exact) mass is 519 g/mol. The second-order valence-corrected chi connectivity index (χ2v) is 10.4. The van der Waals surface area contributed by atoms with Crippen LogP contribution in [-0.2, 0) is 23.9 Å². The first kappa shape index (κ1) is 23.6. The lowest BCUT2D eigenvalue weighted by Gasteiger charge is -2.31. The maximum absolute atomic E-state index is 13.3. The first-order chi connectivity index (χ1) is 16.8. The van der Waals surface area contributed by atoms with Crippen molar-refractivity contribution in [2.45, 2.75) is 16.2 Å². The molecule has 13 heteroatoms. The molecule has 35 heavy (non-hydrogen) atoms. The molecule has 3 amide bonds. The van der Waals surface area contributed by atoms with Crippen LogP contribution in [0.5, 0.6) is 5.75 Å². The number of hydrogen-bond donors (Lipinski definition) is 2. The summed E-state index contributed by atoms with van der Waals surface area (Å²) in [6.45, 7) is 0.927. The number of carboxylic acid groups (broad SMARTS) is 1. The third-order valence-corrected chi connectivity index (χ3v) is 8.58. The predicted molar refractivity (Wildman–Crippen MR) is 124 cm³/mol. The summed E-state index contributed by atoms with van der Waals surface area (Å²) in [5.74, 6) is -3.97. The number of fused-ring (bicyclic) bond motifs is 2. The van der Waals surface area contributed by atoms with Gasteiger partial charge in [-0.15, -0.1) is 0 Å². The third kappa shape index (κ3) is 4.34. The van der Waals surface area contributed by atoms with E-state index in [1.54, 1.807) is 29.2 Å². The standard InChI is InChI=1S/C22H21N3O8S2/c26-13(24-5-7-32-8-6-24)10-33-12-4-2-1-3-11(12)15-16-18(34-19-17(15)35-22(31)23-19)21(30)25(20(16)29)9-14(27)28/h1-4,15-16,18H,5-10H2,(H,23,31)(H,27,28)/t15-,16?,18?/m1/s1. The van der Waals surface area contributed by atoms with Crippen LogP contribution in [0.25, 0.3) is 0 Å². The number of nitrogens with one attached hydrogen (secondary N) is 1. The Bertz CT molecular complexity index is 1250. The molecule has 2 saturated heterocycles. The molecule has 4 heterocycles. The summed E-state index contributed by atoms with van der Waals surface area (Å²) in [6.07, 6.45) is 0. The number of carboxylic acids is 1. The lowest BCUT2D eigenvalue weighted by Crippen LogP contribution is -2.43. The van der Waals surface area contributed by atoms with Gasteiger partial charge in [0.2, 0.25) is 11.8 Å². The van der Waals surface area contributed by atoms with Crippen molar-refractivity contribution in [1.29, 1.82) is 0 Å². The SMILES string of the molecule is O=C(O)CN1C(=O)C2Sc3[nH]c(=O)sc3[C@H](c3ccccc3OCC(=O)N3CCOCC3)C2C1=O. The molecule has 3 aliphatic rings. The highest BCUT2D eigenvalue weighted by Gasteiger charge is 2.56. The number of thiazole rings is 1. The van der Waals surface area contributed by atoms with E-state index in [0.29, 0.717) is 47.5 Å². The number of amides is 3. The number of benzene rings is 1. The zero-order chi connectivity index (χ0) is 24.7. The zero-order valence-corrected chi connectivity index (χ0v) is 19.9. The minimum absolute atomic E-state index is 0.202. The fourth-order valence-electron chi connectivity index (χ4n) is 4.61. The number of likely N-dealkylation sites (tertiary alicyclic amines) is 1. The number of rotatable bonds is 6. The first-order valence-electron chi connectivity index (χ1n) is 10.9. The smallest absolute Gasteiger partial charge is 0.323 e. The van der Waals surface area contributed by atoms with E-state index in [2.05, 4.69) is 4.98 Å². The number of aliphatic carboxylic acids is 1. The van der Waals surface area contributed by atoms with E-state index in [4.69, 9.17) is 9.47 Å². The van der Waals surface area contributed by atoms with Gasteiger partial charge in [0.1, 0.15) is 17.5 Å². The van der Waals surface area contributed by atoms with Crippen LogP contribution < -0.4 is 9.61 Å². The number of aromatic amines is 1. The van der Waals surface area contributed by atoms with E-state index in [0.717, 1.165) is 28.0 Å². The van der Waals surface area contributed by atoms with Gasteiger partial charge < -0.3 is 24.5 Å². The van der Waals surface area contributed by atoms with Crippen molar-refractivity contribution < 1.29 is 33.8 Å². The fourth-order valence-corrected chi connectivity index (χ4v) is 7.14. The summed E-state index contributed by atoms with van der Waals surface area (Å²) >= 11 is 2.01. The van der Waals surface area contributed by atoms with Crippen LogP contribution in [0.4, 0.5) is 0 Å². The molecule has 5 rings (SSSR count). The molecule has 184 valence electrons. The molecule has 3 atom stereocenters. The fraction of sp³-hybridized carbons (Fsp3) is 0.409. The van der Waals surface area contributed by atoms with Crippen molar-refractivity contribution in [2.75, 3.05) is 39.5 Å². The molecule has 0 spiro atoms. The number of ether oxygens (including phenoxy) is 2. The Hall–Kier alpha value is -3.16. The molecule has 0 radical (unpaired) electrons. The van der Waals surface area contributed by atoms with Gasteiger partial charge in [0, 0.05) is 29.4 Å². The number of hydrogen-bond acceptors (Lipinski definition) is 9. The van der Waals surface area contributed by atoms with Crippen molar-refractivity contribution in [3.8, 4) is 5.75 Å². The van der Waals surface area contributed by atoms with Gasteiger partial charge in [-0.05, 0) is 6.07 Å². The molecule has 1 aromatic heterocycles. The van der Waals surface area contributed by atoms with Gasteiger partial charge in [-0.1, -0.05) is 41.3 Å². The number of H-pyrrole nitrogens is 1. The number of carbonyl (C=O) groups excluding carboxylic acids is 3. The highest BCUT2D eigenvalue weighted by molar-refractivity contribution is 8.00. The maximum Gasteiger partial charge on any atom is 0.323 e. The Balaban J connectivity index is 1.49. The van der Waals surface area contributed by atoms with E-state index in [-0.39, 0.29) is 17.4 Å². The van der Waals surface area contributed by atoms with Gasteiger partial charge in [0.05, 0.1) is 24.2 Å². The van der Waals surface area contributed by atoms with E-state index in [1.807, 2.05) is 0 Å². The van der Waals surface area contributed by atoms with Crippen LogP contribution in [0.1, 0.15) is 16.4 Å². The van der Waals surface area contributed by atoms with Gasteiger partial charge in [-0.25, -0.2) is 0 Å². The van der Waals surface area contributed by atoms with Crippen LogP contribution in [-0.4, -0.2) is 88.3 Å². The molecule has 0 aliphatic carbocycles. The maximum atomic E-state index is 13.3. The Kier molecular flexibility index (Phi) is 6.38. The van der Waals surface area contributed by atoms with Crippen molar-refractivity contribution in [1.82, 2.24) is 14.8 Å². The number of morpholine rings is 1. The molecule has 0 bridgehead atoms. The summed E-state index contributed by atoms with van der Waals surface area (Å²) < 4.78 is 11.2. The molecular formula is C22H21N3O8S2. The number of carbonyl (C=O) groups is 4. The minimum atomic E-state index is -1.29. The first-order valence-corrected chi connectivity index (χ1v) is 12.6. The Labute approximate surface area is 207 Å². The average molecular weight is 520 g/mol. The number of thioether (sulfide) groups is 1. The van der Waals surface area contributed by atoms with Crippen LogP contribution in [0.2, 0.25) is 0 Å². The van der Waals surface area contributed by atoms with Gasteiger partial charge in [0.15, 0.2) is 6.61 Å². The highest BCUT2D eigenvalue weighted by atomic mass is 32.2. The van der Waals surface area contributed by atoms with E-state index in [1.165, 1.54) is 0 Å². The lowest BCUT2D eigenvalue weighted by molar-refractivity contribution is -0.149. The van der Waals surface area contributed by atoms with Gasteiger partial charge >= 0.3 is 10.8 Å². The number of nitrogens with zero attached hydrogens (tertiary/aromatic N) is 2. The summed E-state index contributed by atoms with van der Waals surface area (Å²) in [5, 5.41) is 8.80. The number of imide groups is 1. The van der Waals surface area contributed by atoms with E-state index >= 15 is 0 Å². The quantitative estimate of drug-likeness (QED) is 0.516. The number of para-hydroxylation sites is 1. The van der Waals surface area contributed by atoms with Crippen molar-refractivity contribution >= 4 is 46.8 Å². The molecule has 1 aromatic carbocycles. The summed E-state index contributed by atoms with van der Waals surface area (Å²) in [6, 6.07) is 6.88. The third-order valence-electron chi connectivity index (χ3n) is 6.18. The van der Waals surface area contributed by atoms with Gasteiger partial charge in [-0.2, -0.15) is 0 Å². The predicted octanol–water partition coefficient (Wildman–Crippen LogP) is 0.350. The summed E-state index contributed by atoms with van der Waals surface area (Å²) in [4.78, 5) is 67.8. The molecule has 2 aromatic rings.